The van der Waals surface area contributed by atoms with E-state index in [-0.39, 0.29) is 15.5 Å². The molecule has 0 unspecified atom stereocenters. The quantitative estimate of drug-likeness (QED) is 0.818. The van der Waals surface area contributed by atoms with Gasteiger partial charge in [-0.1, -0.05) is 18.6 Å². The molecule has 6 nitrogen and oxygen atoms in total. The smallest absolute Gasteiger partial charge is 0.261 e. The van der Waals surface area contributed by atoms with Crippen LogP contribution < -0.4 is 4.72 Å². The summed E-state index contributed by atoms with van der Waals surface area (Å²) in [6.07, 6.45) is 2.62. The number of aryl methyl sites for hydroxylation is 1. The van der Waals surface area contributed by atoms with E-state index in [0.717, 1.165) is 31.4 Å². The van der Waals surface area contributed by atoms with Gasteiger partial charge in [-0.15, -0.1) is 0 Å². The summed E-state index contributed by atoms with van der Waals surface area (Å²) in [5.74, 6) is -0.671. The molecular weight excluding hydrogens is 391 g/mol. The van der Waals surface area contributed by atoms with Crippen LogP contribution in [0.15, 0.2) is 52.3 Å². The number of nitrogens with one attached hydrogen (secondary N) is 1. The second kappa shape index (κ2) is 7.57. The minimum absolute atomic E-state index is 0.0730. The van der Waals surface area contributed by atoms with E-state index in [1.54, 1.807) is 13.0 Å². The number of rotatable bonds is 5. The summed E-state index contributed by atoms with van der Waals surface area (Å²) in [5.41, 5.74) is 0.648. The highest BCUT2D eigenvalue weighted by Crippen LogP contribution is 2.27. The Balaban J connectivity index is 1.94. The van der Waals surface area contributed by atoms with Crippen molar-refractivity contribution in [3.8, 4) is 0 Å². The van der Waals surface area contributed by atoms with E-state index < -0.39 is 25.9 Å². The zero-order valence-electron chi connectivity index (χ0n) is 14.9. The number of halogens is 1. The Labute approximate surface area is 159 Å². The third kappa shape index (κ3) is 4.31. The molecule has 1 saturated heterocycles. The molecule has 1 N–H and O–H groups in total. The molecule has 146 valence electrons. The molecule has 27 heavy (non-hydrogen) atoms. The van der Waals surface area contributed by atoms with Crippen molar-refractivity contribution in [3.05, 3.63) is 53.8 Å². The van der Waals surface area contributed by atoms with Crippen LogP contribution in [-0.2, 0) is 20.0 Å². The zero-order chi connectivity index (χ0) is 19.7. The molecule has 0 spiro atoms. The minimum Gasteiger partial charge on any atom is -0.280 e. The molecule has 9 heteroatoms. The van der Waals surface area contributed by atoms with Crippen molar-refractivity contribution in [2.75, 3.05) is 17.8 Å². The van der Waals surface area contributed by atoms with Gasteiger partial charge in [0, 0.05) is 13.1 Å². The van der Waals surface area contributed by atoms with Gasteiger partial charge in [0.25, 0.3) is 10.0 Å². The van der Waals surface area contributed by atoms with Gasteiger partial charge < -0.3 is 0 Å². The molecule has 2 aromatic carbocycles. The lowest BCUT2D eigenvalue weighted by molar-refractivity contribution is 0.346. The van der Waals surface area contributed by atoms with Crippen LogP contribution in [0, 0.1) is 12.7 Å². The van der Waals surface area contributed by atoms with Crippen LogP contribution >= 0.6 is 0 Å². The van der Waals surface area contributed by atoms with E-state index in [4.69, 9.17) is 0 Å². The van der Waals surface area contributed by atoms with E-state index >= 15 is 0 Å². The third-order valence-electron chi connectivity index (χ3n) is 4.48. The van der Waals surface area contributed by atoms with Crippen LogP contribution in [0.2, 0.25) is 0 Å². The Hall–Kier alpha value is -1.97. The topological polar surface area (TPSA) is 83.5 Å². The molecule has 1 fully saturated rings. The second-order valence-corrected chi connectivity index (χ2v) is 10.1. The Morgan fingerprint density at radius 2 is 1.67 bits per heavy atom. The fraction of sp³-hybridized carbons (Fsp3) is 0.333. The Morgan fingerprint density at radius 1 is 0.963 bits per heavy atom. The van der Waals surface area contributed by atoms with Gasteiger partial charge >= 0.3 is 0 Å². The minimum atomic E-state index is -4.03. The highest BCUT2D eigenvalue weighted by atomic mass is 32.2. The van der Waals surface area contributed by atoms with Gasteiger partial charge in [-0.3, -0.25) is 4.72 Å². The molecule has 3 rings (SSSR count). The summed E-state index contributed by atoms with van der Waals surface area (Å²) >= 11 is 0. The van der Waals surface area contributed by atoms with Gasteiger partial charge in [0.1, 0.15) is 5.82 Å². The van der Waals surface area contributed by atoms with Crippen LogP contribution in [0.4, 0.5) is 10.1 Å². The Kier molecular flexibility index (Phi) is 5.55. The number of hydrogen-bond donors (Lipinski definition) is 1. The lowest BCUT2D eigenvalue weighted by atomic mass is 10.2. The number of sulfonamides is 2. The summed E-state index contributed by atoms with van der Waals surface area (Å²) in [7, 11) is -7.74. The maximum atomic E-state index is 13.3. The van der Waals surface area contributed by atoms with Gasteiger partial charge in [-0.05, 0) is 55.7 Å². The lowest BCUT2D eigenvalue weighted by Crippen LogP contribution is -2.36. The fourth-order valence-corrected chi connectivity index (χ4v) is 5.88. The molecular formula is C18H21FN2O4S2. The number of nitrogens with zero attached hydrogens (tertiary/aromatic N) is 1. The fourth-order valence-electron chi connectivity index (χ4n) is 3.03. The normalized spacial score (nSPS) is 16.2. The third-order valence-corrected chi connectivity index (χ3v) is 7.90. The monoisotopic (exact) mass is 412 g/mol. The first-order valence-corrected chi connectivity index (χ1v) is 11.5. The largest absolute Gasteiger partial charge is 0.280 e. The van der Waals surface area contributed by atoms with Gasteiger partial charge in [-0.2, -0.15) is 4.31 Å². The molecule has 0 aromatic heterocycles. The molecule has 0 aliphatic carbocycles. The summed E-state index contributed by atoms with van der Waals surface area (Å²) in [6.45, 7) is 2.59. The van der Waals surface area contributed by atoms with Crippen LogP contribution in [0.5, 0.6) is 0 Å². The predicted octanol–water partition coefficient (Wildman–Crippen LogP) is 3.11. The highest BCUT2D eigenvalue weighted by molar-refractivity contribution is 7.92. The van der Waals surface area contributed by atoms with Gasteiger partial charge in [0.15, 0.2) is 0 Å². The van der Waals surface area contributed by atoms with Crippen molar-refractivity contribution in [3.63, 3.8) is 0 Å². The van der Waals surface area contributed by atoms with E-state index in [1.807, 2.05) is 0 Å². The first-order chi connectivity index (χ1) is 12.7. The van der Waals surface area contributed by atoms with Crippen molar-refractivity contribution in [1.82, 2.24) is 4.31 Å². The first-order valence-electron chi connectivity index (χ1n) is 8.59. The lowest BCUT2D eigenvalue weighted by Gasteiger charge is -2.26. The number of benzene rings is 2. The number of piperidine rings is 1. The second-order valence-electron chi connectivity index (χ2n) is 6.51. The molecule has 2 aromatic rings. The van der Waals surface area contributed by atoms with Crippen molar-refractivity contribution in [2.24, 2.45) is 0 Å². The van der Waals surface area contributed by atoms with Crippen molar-refractivity contribution in [2.45, 2.75) is 36.0 Å². The maximum absolute atomic E-state index is 13.3. The number of hydrogen-bond acceptors (Lipinski definition) is 4. The summed E-state index contributed by atoms with van der Waals surface area (Å²) in [6, 6.07) is 8.98. The Bertz CT molecular complexity index is 1050. The molecule has 0 atom stereocenters. The van der Waals surface area contributed by atoms with Crippen LogP contribution in [0.3, 0.4) is 0 Å². The predicted molar refractivity (Wildman–Crippen MR) is 101 cm³/mol. The average molecular weight is 413 g/mol. The summed E-state index contributed by atoms with van der Waals surface area (Å²) in [5, 5.41) is 0. The van der Waals surface area contributed by atoms with E-state index in [1.165, 1.54) is 28.6 Å². The van der Waals surface area contributed by atoms with Crippen LogP contribution in [0.1, 0.15) is 24.8 Å². The highest BCUT2D eigenvalue weighted by Gasteiger charge is 2.28. The SMILES string of the molecule is Cc1ccc(NS(=O)(=O)c2cccc(F)c2)cc1S(=O)(=O)N1CCCCC1. The molecule has 0 amide bonds. The summed E-state index contributed by atoms with van der Waals surface area (Å²) < 4.78 is 67.9. The standard InChI is InChI=1S/C18H21FN2O4S2/c1-14-8-9-16(20-26(22,23)17-7-5-6-15(19)12-17)13-18(14)27(24,25)21-10-3-2-4-11-21/h5-9,12-13,20H,2-4,10-11H2,1H3. The van der Waals surface area contributed by atoms with Crippen LogP contribution in [-0.4, -0.2) is 34.2 Å². The van der Waals surface area contributed by atoms with E-state index in [9.17, 15) is 21.2 Å². The van der Waals surface area contributed by atoms with E-state index in [0.29, 0.717) is 18.7 Å². The maximum Gasteiger partial charge on any atom is 0.261 e. The molecule has 0 radical (unpaired) electrons. The van der Waals surface area contributed by atoms with Crippen molar-refractivity contribution >= 4 is 25.7 Å². The molecule has 1 aliphatic heterocycles. The van der Waals surface area contributed by atoms with Gasteiger partial charge in [-0.25, -0.2) is 21.2 Å². The van der Waals surface area contributed by atoms with E-state index in [2.05, 4.69) is 4.72 Å². The summed E-state index contributed by atoms with van der Waals surface area (Å²) in [4.78, 5) is -0.160. The number of anilines is 1. The molecule has 0 saturated carbocycles. The van der Waals surface area contributed by atoms with Crippen molar-refractivity contribution in [1.29, 1.82) is 0 Å². The van der Waals surface area contributed by atoms with Crippen molar-refractivity contribution < 1.29 is 21.2 Å². The first kappa shape index (κ1) is 19.8. The molecule has 1 heterocycles. The zero-order valence-corrected chi connectivity index (χ0v) is 16.5. The van der Waals surface area contributed by atoms with Crippen LogP contribution in [0.25, 0.3) is 0 Å². The average Bonchev–Trinajstić information content (AvgIpc) is 2.64. The Morgan fingerprint density at radius 3 is 2.33 bits per heavy atom. The van der Waals surface area contributed by atoms with Gasteiger partial charge in [0.2, 0.25) is 10.0 Å². The molecule has 1 aliphatic rings. The van der Waals surface area contributed by atoms with Gasteiger partial charge in [0.05, 0.1) is 15.5 Å². The molecule has 0 bridgehead atoms.